The van der Waals surface area contributed by atoms with Crippen molar-refractivity contribution >= 4 is 17.5 Å². The predicted molar refractivity (Wildman–Crippen MR) is 287 cm³/mol. The van der Waals surface area contributed by atoms with Gasteiger partial charge in [0.2, 0.25) is 5.78 Å². The number of fused-ring (bicyclic) bond motifs is 4. The normalized spacial score (nSPS) is 48.6. The second-order valence-electron chi connectivity index (χ2n) is 25.4. The molecule has 78 heavy (non-hydrogen) atoms. The Balaban J connectivity index is 1.09. The smallest absolute Gasteiger partial charge is 0.346 e. The van der Waals surface area contributed by atoms with Crippen molar-refractivity contribution in [3.8, 4) is 0 Å². The number of ether oxygens (including phenoxy) is 8. The fraction of sp³-hybridized carbons (Fsp3) is 0.820. The molecule has 0 amide bonds. The van der Waals surface area contributed by atoms with Gasteiger partial charge in [0.15, 0.2) is 24.5 Å². The maximum Gasteiger partial charge on any atom is 0.346 e. The van der Waals surface area contributed by atoms with Gasteiger partial charge in [-0.15, -0.1) is 0 Å². The minimum atomic E-state index is -1.62. The van der Waals surface area contributed by atoms with Crippen molar-refractivity contribution < 1.29 is 82.9 Å². The summed E-state index contributed by atoms with van der Waals surface area (Å²) in [6.45, 7) is 23.2. The van der Waals surface area contributed by atoms with Gasteiger partial charge in [-0.2, -0.15) is 0 Å². The van der Waals surface area contributed by atoms with Crippen LogP contribution in [0.15, 0.2) is 46.3 Å². The highest BCUT2D eigenvalue weighted by Gasteiger charge is 2.67. The SMILES string of the molecule is CC/C1=C\C(CO)CC(C)C(O[C@H]2C[C@H](O)[C@H](O[C@H]3C[C@@H](OC)[C@H](O[C@H]4C[C@H](O)[C@H](O)[C@@H](C)O4)[C@@H](C)O3)[C@@H](C)O2)C(C)CCCC2(C)C=C(C)C(C)CC23OC(=O)C(=C(O)C2(CC)C1C(C)=CC1C(O)CC(=O)C(C)C12)C3=O. The third kappa shape index (κ3) is 11.1. The monoisotopic (exact) mass is 1100 g/mol. The molecule has 0 aromatic heterocycles. The molecule has 4 aliphatic carbocycles. The molecule has 440 valence electrons. The molecule has 5 fully saturated rings. The number of hydrogen-bond acceptors (Lipinski definition) is 17. The highest BCUT2D eigenvalue weighted by molar-refractivity contribution is 6.26. The average molecular weight is 1100 g/mol. The van der Waals surface area contributed by atoms with Crippen molar-refractivity contribution in [3.63, 3.8) is 0 Å². The highest BCUT2D eigenvalue weighted by atomic mass is 16.7. The summed E-state index contributed by atoms with van der Waals surface area (Å²) in [5.41, 5.74) is -1.54. The molecule has 17 nitrogen and oxygen atoms in total. The molecule has 4 saturated heterocycles. The van der Waals surface area contributed by atoms with Gasteiger partial charge in [0, 0.05) is 80.3 Å². The van der Waals surface area contributed by atoms with Crippen LogP contribution in [0, 0.1) is 58.2 Å². The Kier molecular flexibility index (Phi) is 18.9. The van der Waals surface area contributed by atoms with Crippen molar-refractivity contribution in [1.29, 1.82) is 0 Å². The first-order chi connectivity index (χ1) is 36.8. The van der Waals surface area contributed by atoms with E-state index in [2.05, 4.69) is 26.0 Å². The zero-order valence-electron chi connectivity index (χ0n) is 48.6. The molecular formula is C61H94O17. The van der Waals surface area contributed by atoms with Crippen LogP contribution in [0.4, 0.5) is 0 Å². The summed E-state index contributed by atoms with van der Waals surface area (Å²) in [6.07, 6.45) is -0.691. The van der Waals surface area contributed by atoms with Gasteiger partial charge in [0.25, 0.3) is 0 Å². The molecule has 4 heterocycles. The zero-order valence-corrected chi connectivity index (χ0v) is 48.6. The van der Waals surface area contributed by atoms with Crippen molar-refractivity contribution in [2.45, 2.75) is 245 Å². The lowest BCUT2D eigenvalue weighted by Crippen LogP contribution is -2.57. The van der Waals surface area contributed by atoms with Crippen LogP contribution in [-0.4, -0.2) is 154 Å². The minimum absolute atomic E-state index is 0.0414. The number of Topliss-reactive ketones (excluding diaryl/α,β-unsaturated/α-hetero) is 2. The maximum atomic E-state index is 15.7. The summed E-state index contributed by atoms with van der Waals surface area (Å²) < 4.78 is 51.0. The summed E-state index contributed by atoms with van der Waals surface area (Å²) >= 11 is 0. The molecule has 6 N–H and O–H groups in total. The molecule has 25 atom stereocenters. The zero-order chi connectivity index (χ0) is 57.1. The third-order valence-electron chi connectivity index (χ3n) is 20.3. The Morgan fingerprint density at radius 2 is 1.36 bits per heavy atom. The highest BCUT2D eigenvalue weighted by Crippen LogP contribution is 2.64. The Labute approximate surface area is 462 Å². The van der Waals surface area contributed by atoms with Crippen molar-refractivity contribution in [2.75, 3.05) is 13.7 Å². The van der Waals surface area contributed by atoms with E-state index in [9.17, 15) is 40.2 Å². The van der Waals surface area contributed by atoms with Gasteiger partial charge in [-0.3, -0.25) is 9.59 Å². The molecule has 4 aliphatic heterocycles. The lowest BCUT2D eigenvalue weighted by atomic mass is 9.47. The van der Waals surface area contributed by atoms with E-state index >= 15 is 4.79 Å². The third-order valence-corrected chi connectivity index (χ3v) is 20.3. The van der Waals surface area contributed by atoms with Crippen LogP contribution >= 0.6 is 0 Å². The molecule has 0 aromatic rings. The molecule has 8 rings (SSSR count). The number of carbonyl (C=O) groups excluding carboxylic acids is 3. The van der Waals surface area contributed by atoms with Crippen molar-refractivity contribution in [2.24, 2.45) is 58.2 Å². The summed E-state index contributed by atoms with van der Waals surface area (Å²) in [7, 11) is 1.57. The van der Waals surface area contributed by atoms with Crippen LogP contribution in [0.1, 0.15) is 154 Å². The molecule has 1 spiro atoms. The van der Waals surface area contributed by atoms with E-state index in [1.807, 2.05) is 68.4 Å². The van der Waals surface area contributed by atoms with Crippen LogP contribution in [-0.2, 0) is 52.3 Å². The number of rotatable bonds is 10. The van der Waals surface area contributed by atoms with Gasteiger partial charge >= 0.3 is 5.97 Å². The number of aliphatic hydroxyl groups is 6. The molecule has 17 heteroatoms. The van der Waals surface area contributed by atoms with Crippen LogP contribution in [0.3, 0.4) is 0 Å². The van der Waals surface area contributed by atoms with E-state index in [0.717, 1.165) is 16.7 Å². The Morgan fingerprint density at radius 3 is 1.97 bits per heavy atom. The van der Waals surface area contributed by atoms with E-state index in [-0.39, 0.29) is 80.0 Å². The largest absolute Gasteiger partial charge is 0.511 e. The average Bonchev–Trinajstić information content (AvgIpc) is 3.88. The number of allylic oxidation sites excluding steroid dienone is 4. The summed E-state index contributed by atoms with van der Waals surface area (Å²) in [5.74, 6) is -5.19. The first-order valence-electron chi connectivity index (χ1n) is 29.4. The topological polar surface area (TPSA) is 246 Å². The van der Waals surface area contributed by atoms with Gasteiger partial charge in [0.05, 0.1) is 48.8 Å². The standard InChI is InChI=1S/C61H94O17/c1-14-39-21-38(28-62)19-31(5)53(75-47-24-44(66)54(36(10)73-47)76-48-25-45(71-13)55(37(11)74-48)77-46-23-43(65)52(67)35(9)72-46)29(3)17-16-18-59(12)26-32(6)33(7)27-61(59)57(69)49(58(70)78-61)56(68)60(15-2)50(39)30(4)20-40-42(64)22-41(63)34(8)51(40)60/h20-21,26,29,31,33-38,40,42-48,50-55,62,64-68H,14-19,22-25,27-28H2,1-13H3/b39-21+,56-49?/t29?,31?,33?,34?,35-,36-,37-,38?,40?,42?,43+,44+,45-,46+,47+,48+,50?,51?,52-,53?,54-,55-,59?,60?,61?/m1/s1. The second kappa shape index (κ2) is 24.1. The first-order valence-corrected chi connectivity index (χ1v) is 29.4. The van der Waals surface area contributed by atoms with Gasteiger partial charge in [-0.1, -0.05) is 89.8 Å². The Morgan fingerprint density at radius 1 is 0.744 bits per heavy atom. The quantitative estimate of drug-likeness (QED) is 0.0715. The van der Waals surface area contributed by atoms with E-state index in [4.69, 9.17) is 37.9 Å². The Hall–Kier alpha value is -2.91. The number of esters is 1. The number of hydrogen-bond donors (Lipinski definition) is 6. The van der Waals surface area contributed by atoms with Gasteiger partial charge in [-0.25, -0.2) is 4.79 Å². The fourth-order valence-corrected chi connectivity index (χ4v) is 16.0. The lowest BCUT2D eigenvalue weighted by Gasteiger charge is -2.56. The number of carbonyl (C=O) groups is 3. The van der Waals surface area contributed by atoms with E-state index in [0.29, 0.717) is 32.1 Å². The number of aliphatic hydroxyl groups excluding tert-OH is 6. The molecule has 0 aromatic carbocycles. The van der Waals surface area contributed by atoms with E-state index in [1.165, 1.54) is 0 Å². The maximum absolute atomic E-state index is 15.7. The van der Waals surface area contributed by atoms with Crippen LogP contribution in [0.2, 0.25) is 0 Å². The van der Waals surface area contributed by atoms with Crippen LogP contribution < -0.4 is 0 Å². The number of ketones is 2. The van der Waals surface area contributed by atoms with Crippen LogP contribution in [0.25, 0.3) is 0 Å². The molecule has 0 radical (unpaired) electrons. The van der Waals surface area contributed by atoms with Gasteiger partial charge in [-0.05, 0) is 90.4 Å². The molecule has 8 aliphatic rings. The molecule has 13 unspecified atom stereocenters. The number of methoxy groups -OCH3 is 1. The van der Waals surface area contributed by atoms with E-state index in [1.54, 1.807) is 14.0 Å². The summed E-state index contributed by atoms with van der Waals surface area (Å²) in [6, 6.07) is 0. The molecular weight excluding hydrogens is 1000 g/mol. The fourth-order valence-electron chi connectivity index (χ4n) is 16.0. The Bertz CT molecular complexity index is 2290. The lowest BCUT2D eigenvalue weighted by molar-refractivity contribution is -0.338. The van der Waals surface area contributed by atoms with Crippen molar-refractivity contribution in [3.05, 3.63) is 46.3 Å². The van der Waals surface area contributed by atoms with Crippen molar-refractivity contribution in [1.82, 2.24) is 0 Å². The summed E-state index contributed by atoms with van der Waals surface area (Å²) in [4.78, 5) is 44.3. The predicted octanol–water partition coefficient (Wildman–Crippen LogP) is 7.28. The first kappa shape index (κ1) is 61.2. The second-order valence-corrected chi connectivity index (χ2v) is 25.4. The molecule has 1 saturated carbocycles. The molecule has 2 bridgehead atoms. The van der Waals surface area contributed by atoms with Gasteiger partial charge in [0.1, 0.15) is 35.4 Å². The van der Waals surface area contributed by atoms with Gasteiger partial charge < -0.3 is 68.5 Å². The summed E-state index contributed by atoms with van der Waals surface area (Å²) in [5, 5.41) is 68.8. The van der Waals surface area contributed by atoms with Crippen LogP contribution in [0.5, 0.6) is 0 Å². The van der Waals surface area contributed by atoms with E-state index < -0.39 is 144 Å². The minimum Gasteiger partial charge on any atom is -0.511 e.